The van der Waals surface area contributed by atoms with E-state index >= 15 is 0 Å². The molecular formula is C46H86ClNO10. The minimum Gasteiger partial charge on any atom is -0.463 e. The van der Waals surface area contributed by atoms with Gasteiger partial charge >= 0.3 is 23.9 Å². The van der Waals surface area contributed by atoms with Crippen molar-refractivity contribution in [3.05, 3.63) is 0 Å². The van der Waals surface area contributed by atoms with Crippen LogP contribution in [0.3, 0.4) is 0 Å². The van der Waals surface area contributed by atoms with Gasteiger partial charge in [-0.15, -0.1) is 11.6 Å². The summed E-state index contributed by atoms with van der Waals surface area (Å²) in [5.41, 5.74) is 0. The van der Waals surface area contributed by atoms with E-state index in [9.17, 15) is 19.2 Å². The second-order valence-corrected chi connectivity index (χ2v) is 16.0. The molecule has 0 aliphatic heterocycles. The molecule has 0 aliphatic carbocycles. The maximum absolute atomic E-state index is 12.4. The SMILES string of the molecule is CCCCCCCC(=O)OCC(COC(=O)CCCCCCC)OCCCN(CCCl)CCCOC(COC(=O)CCCCCCC)COC(=O)CCCCCCC. The molecule has 0 aromatic rings. The Morgan fingerprint density at radius 2 is 0.672 bits per heavy atom. The Labute approximate surface area is 359 Å². The number of hydrogen-bond acceptors (Lipinski definition) is 11. The molecule has 0 heterocycles. The normalized spacial score (nSPS) is 11.4. The van der Waals surface area contributed by atoms with Crippen molar-refractivity contribution in [3.8, 4) is 0 Å². The molecule has 0 saturated carbocycles. The molecule has 0 N–H and O–H groups in total. The Morgan fingerprint density at radius 3 is 0.931 bits per heavy atom. The van der Waals surface area contributed by atoms with Gasteiger partial charge in [-0.25, -0.2) is 0 Å². The van der Waals surface area contributed by atoms with Crippen LogP contribution in [0, 0.1) is 0 Å². The molecule has 0 fully saturated rings. The smallest absolute Gasteiger partial charge is 0.305 e. The monoisotopic (exact) mass is 848 g/mol. The predicted molar refractivity (Wildman–Crippen MR) is 233 cm³/mol. The molecule has 0 spiro atoms. The highest BCUT2D eigenvalue weighted by Crippen LogP contribution is 2.11. The quantitative estimate of drug-likeness (QED) is 0.0252. The Bertz CT molecular complexity index is 839. The number of halogens is 1. The van der Waals surface area contributed by atoms with E-state index < -0.39 is 12.2 Å². The summed E-state index contributed by atoms with van der Waals surface area (Å²) in [5, 5.41) is 0. The van der Waals surface area contributed by atoms with Gasteiger partial charge < -0.3 is 33.3 Å². The number of ether oxygens (including phenoxy) is 6. The maximum Gasteiger partial charge on any atom is 0.305 e. The fourth-order valence-electron chi connectivity index (χ4n) is 6.34. The molecule has 0 amide bonds. The molecular weight excluding hydrogens is 762 g/mol. The highest BCUT2D eigenvalue weighted by Gasteiger charge is 2.18. The third kappa shape index (κ3) is 38.3. The zero-order valence-corrected chi connectivity index (χ0v) is 38.3. The van der Waals surface area contributed by atoms with Crippen LogP contribution in [0.25, 0.3) is 0 Å². The summed E-state index contributed by atoms with van der Waals surface area (Å²) in [6.45, 7) is 11.8. The van der Waals surface area contributed by atoms with Crippen LogP contribution in [-0.4, -0.2) is 106 Å². The van der Waals surface area contributed by atoms with Gasteiger partial charge in [0.2, 0.25) is 0 Å². The van der Waals surface area contributed by atoms with E-state index in [4.69, 9.17) is 40.0 Å². The average Bonchev–Trinajstić information content (AvgIpc) is 3.21. The Morgan fingerprint density at radius 1 is 0.397 bits per heavy atom. The molecule has 342 valence electrons. The summed E-state index contributed by atoms with van der Waals surface area (Å²) in [6, 6.07) is 0. The van der Waals surface area contributed by atoms with E-state index in [-0.39, 0.29) is 50.3 Å². The second kappa shape index (κ2) is 43.1. The van der Waals surface area contributed by atoms with E-state index in [2.05, 4.69) is 32.6 Å². The number of esters is 4. The summed E-state index contributed by atoms with van der Waals surface area (Å²) in [4.78, 5) is 51.9. The summed E-state index contributed by atoms with van der Waals surface area (Å²) >= 11 is 6.15. The molecule has 0 aromatic heterocycles. The third-order valence-corrected chi connectivity index (χ3v) is 10.2. The second-order valence-electron chi connectivity index (χ2n) is 15.6. The lowest BCUT2D eigenvalue weighted by atomic mass is 10.1. The van der Waals surface area contributed by atoms with E-state index in [1.54, 1.807) is 0 Å². The summed E-state index contributed by atoms with van der Waals surface area (Å²) in [6.07, 6.45) is 22.8. The van der Waals surface area contributed by atoms with Crippen molar-refractivity contribution in [2.24, 2.45) is 0 Å². The molecule has 0 aliphatic rings. The fourth-order valence-corrected chi connectivity index (χ4v) is 6.58. The van der Waals surface area contributed by atoms with Gasteiger partial charge in [-0.05, 0) is 38.5 Å². The first-order valence-corrected chi connectivity index (χ1v) is 24.0. The molecule has 0 unspecified atom stereocenters. The van der Waals surface area contributed by atoms with E-state index in [1.807, 2.05) is 0 Å². The van der Waals surface area contributed by atoms with Crippen molar-refractivity contribution in [2.45, 2.75) is 207 Å². The van der Waals surface area contributed by atoms with Crippen LogP contribution in [0.2, 0.25) is 0 Å². The number of alkyl halides is 1. The number of rotatable bonds is 44. The minimum atomic E-state index is -0.537. The van der Waals surface area contributed by atoms with Crippen LogP contribution < -0.4 is 0 Å². The molecule has 12 heteroatoms. The van der Waals surface area contributed by atoms with Crippen molar-refractivity contribution >= 4 is 35.5 Å². The predicted octanol–water partition coefficient (Wildman–Crippen LogP) is 10.7. The van der Waals surface area contributed by atoms with Gasteiger partial charge in [-0.3, -0.25) is 19.2 Å². The molecule has 0 atom stereocenters. The Kier molecular flexibility index (Phi) is 41.7. The number of nitrogens with zero attached hydrogens (tertiary/aromatic N) is 1. The van der Waals surface area contributed by atoms with E-state index in [0.717, 1.165) is 116 Å². The van der Waals surface area contributed by atoms with Crippen molar-refractivity contribution in [1.29, 1.82) is 0 Å². The molecule has 0 radical (unpaired) electrons. The van der Waals surface area contributed by atoms with E-state index in [0.29, 0.717) is 64.2 Å². The zero-order chi connectivity index (χ0) is 42.7. The topological polar surface area (TPSA) is 127 Å². The molecule has 0 bridgehead atoms. The molecule has 11 nitrogen and oxygen atoms in total. The zero-order valence-electron chi connectivity index (χ0n) is 37.5. The average molecular weight is 849 g/mol. The van der Waals surface area contributed by atoms with Gasteiger partial charge in [0, 0.05) is 64.4 Å². The van der Waals surface area contributed by atoms with Crippen LogP contribution in [0.4, 0.5) is 0 Å². The van der Waals surface area contributed by atoms with Crippen LogP contribution in [0.1, 0.15) is 195 Å². The molecule has 0 rings (SSSR count). The lowest BCUT2D eigenvalue weighted by molar-refractivity contribution is -0.156. The fraction of sp³-hybridized carbons (Fsp3) is 0.913. The van der Waals surface area contributed by atoms with Crippen LogP contribution in [0.5, 0.6) is 0 Å². The van der Waals surface area contributed by atoms with Crippen LogP contribution in [0.15, 0.2) is 0 Å². The Hall–Kier alpha value is -1.95. The number of unbranched alkanes of at least 4 members (excludes halogenated alkanes) is 16. The molecule has 0 aromatic carbocycles. The van der Waals surface area contributed by atoms with Gasteiger partial charge in [-0.1, -0.05) is 130 Å². The van der Waals surface area contributed by atoms with Gasteiger partial charge in [0.05, 0.1) is 0 Å². The van der Waals surface area contributed by atoms with Crippen LogP contribution >= 0.6 is 11.6 Å². The third-order valence-electron chi connectivity index (χ3n) is 10.0. The summed E-state index contributed by atoms with van der Waals surface area (Å²) in [5.74, 6) is -0.540. The summed E-state index contributed by atoms with van der Waals surface area (Å²) < 4.78 is 34.3. The number of hydrogen-bond donors (Lipinski definition) is 0. The minimum absolute atomic E-state index is 0.0456. The van der Waals surface area contributed by atoms with Gasteiger partial charge in [0.25, 0.3) is 0 Å². The lowest BCUT2D eigenvalue weighted by Crippen LogP contribution is -2.33. The van der Waals surface area contributed by atoms with Crippen molar-refractivity contribution in [3.63, 3.8) is 0 Å². The molecule has 58 heavy (non-hydrogen) atoms. The van der Waals surface area contributed by atoms with E-state index in [1.165, 1.54) is 25.7 Å². The first-order valence-electron chi connectivity index (χ1n) is 23.4. The summed E-state index contributed by atoms with van der Waals surface area (Å²) in [7, 11) is 0. The highest BCUT2D eigenvalue weighted by atomic mass is 35.5. The Balaban J connectivity index is 4.95. The van der Waals surface area contributed by atoms with Gasteiger partial charge in [0.1, 0.15) is 38.6 Å². The van der Waals surface area contributed by atoms with Crippen molar-refractivity contribution < 1.29 is 47.6 Å². The lowest BCUT2D eigenvalue weighted by Gasteiger charge is -2.23. The van der Waals surface area contributed by atoms with Gasteiger partial charge in [-0.2, -0.15) is 0 Å². The maximum atomic E-state index is 12.4. The first kappa shape index (κ1) is 56.0. The van der Waals surface area contributed by atoms with Crippen LogP contribution in [-0.2, 0) is 47.6 Å². The number of carbonyl (C=O) groups is 4. The van der Waals surface area contributed by atoms with Crippen molar-refractivity contribution in [2.75, 3.05) is 65.2 Å². The first-order chi connectivity index (χ1) is 28.3. The molecule has 0 saturated heterocycles. The van der Waals surface area contributed by atoms with Gasteiger partial charge in [0.15, 0.2) is 0 Å². The van der Waals surface area contributed by atoms with Crippen molar-refractivity contribution in [1.82, 2.24) is 4.90 Å². The standard InChI is InChI=1S/C46H86ClNO10/c1-5-9-13-17-21-27-43(49)55-37-41(38-56-44(50)28-22-18-14-10-6-2)53-35-25-32-48(34-31-47)33-26-36-54-42(39-57-45(51)29-23-19-15-11-7-3)40-58-46(52)30-24-20-16-12-8-4/h41-42H,5-40H2,1-4H3. The highest BCUT2D eigenvalue weighted by molar-refractivity contribution is 6.18. The number of carbonyl (C=O) groups excluding carboxylic acids is 4. The largest absolute Gasteiger partial charge is 0.463 e.